The molecule has 1 aromatic carbocycles. The molecule has 0 aromatic heterocycles. The first-order chi connectivity index (χ1) is 11.8. The molecule has 0 unspecified atom stereocenters. The van der Waals surface area contributed by atoms with Crippen molar-refractivity contribution >= 4 is 57.1 Å². The Labute approximate surface area is 177 Å². The highest BCUT2D eigenvalue weighted by molar-refractivity contribution is 14.0. The Hall–Kier alpha value is -0.740. The predicted molar refractivity (Wildman–Crippen MR) is 119 cm³/mol. The van der Waals surface area contributed by atoms with E-state index in [4.69, 9.17) is 17.3 Å². The number of nitrogens with zero attached hydrogens (tertiary/aromatic N) is 3. The monoisotopic (exact) mass is 512 g/mol. The van der Waals surface area contributed by atoms with Crippen molar-refractivity contribution < 1.29 is 8.42 Å². The number of benzene rings is 1. The smallest absolute Gasteiger partial charge is 0.191 e. The highest BCUT2D eigenvalue weighted by Crippen LogP contribution is 2.39. The van der Waals surface area contributed by atoms with E-state index in [9.17, 15) is 8.42 Å². The Morgan fingerprint density at radius 3 is 2.23 bits per heavy atom. The molecule has 1 aliphatic heterocycles. The van der Waals surface area contributed by atoms with Gasteiger partial charge in [-0.05, 0) is 37.1 Å². The number of halogens is 2. The largest absolute Gasteiger partial charge is 0.370 e. The first-order valence-electron chi connectivity index (χ1n) is 8.56. The fourth-order valence-electron chi connectivity index (χ4n) is 3.39. The molecule has 1 saturated carbocycles. The summed E-state index contributed by atoms with van der Waals surface area (Å²) in [5.74, 6) is 0.450. The minimum absolute atomic E-state index is 0. The van der Waals surface area contributed by atoms with Gasteiger partial charge in [0.05, 0.1) is 11.3 Å². The molecule has 1 heterocycles. The molecule has 0 radical (unpaired) electrons. The molecule has 1 aromatic rings. The van der Waals surface area contributed by atoms with Crippen LogP contribution in [0.15, 0.2) is 29.3 Å². The summed E-state index contributed by atoms with van der Waals surface area (Å²) in [5.41, 5.74) is 7.27. The van der Waals surface area contributed by atoms with E-state index in [2.05, 4.69) is 9.89 Å². The zero-order chi connectivity index (χ0) is 18.1. The summed E-state index contributed by atoms with van der Waals surface area (Å²) in [6, 6.07) is 7.81. The van der Waals surface area contributed by atoms with Crippen molar-refractivity contribution in [1.82, 2.24) is 4.90 Å². The van der Waals surface area contributed by atoms with Crippen LogP contribution in [0.4, 0.5) is 5.69 Å². The van der Waals surface area contributed by atoms with Crippen LogP contribution in [0.5, 0.6) is 0 Å². The second-order valence-corrected chi connectivity index (χ2v) is 9.78. The maximum absolute atomic E-state index is 12.0. The summed E-state index contributed by atoms with van der Waals surface area (Å²) in [6.07, 6.45) is 3.63. The molecular weight excluding hydrogens is 487 g/mol. The summed E-state index contributed by atoms with van der Waals surface area (Å²) in [5, 5.41) is 0.731. The number of nitrogens with two attached hydrogens (primary N) is 1. The second-order valence-electron chi connectivity index (χ2n) is 6.93. The van der Waals surface area contributed by atoms with Crippen LogP contribution in [-0.2, 0) is 9.84 Å². The van der Waals surface area contributed by atoms with Gasteiger partial charge in [-0.1, -0.05) is 18.0 Å². The van der Waals surface area contributed by atoms with Crippen LogP contribution in [0, 0.1) is 0 Å². The average Bonchev–Trinajstić information content (AvgIpc) is 2.53. The van der Waals surface area contributed by atoms with Gasteiger partial charge in [0.25, 0.3) is 0 Å². The Kier molecular flexibility index (Phi) is 7.06. The van der Waals surface area contributed by atoms with E-state index < -0.39 is 14.6 Å². The van der Waals surface area contributed by atoms with Gasteiger partial charge in [0.2, 0.25) is 0 Å². The number of piperazine rings is 1. The molecule has 0 amide bonds. The number of hydrogen-bond acceptors (Lipinski definition) is 4. The lowest BCUT2D eigenvalue weighted by Gasteiger charge is -2.39. The third-order valence-electron chi connectivity index (χ3n) is 5.38. The van der Waals surface area contributed by atoms with Gasteiger partial charge in [0.1, 0.15) is 0 Å². The Morgan fingerprint density at radius 2 is 1.77 bits per heavy atom. The predicted octanol–water partition coefficient (Wildman–Crippen LogP) is 2.36. The third kappa shape index (κ3) is 4.56. The molecule has 0 atom stereocenters. The highest BCUT2D eigenvalue weighted by Gasteiger charge is 2.46. The lowest BCUT2D eigenvalue weighted by Crippen LogP contribution is -2.52. The summed E-state index contributed by atoms with van der Waals surface area (Å²) in [4.78, 5) is 8.73. The SMILES string of the molecule is CS(=O)(=O)C1(CN=C(N)N2CCN(c3ccc(Cl)cc3)CC2)CCC1.I. The van der Waals surface area contributed by atoms with E-state index in [1.807, 2.05) is 29.2 Å². The van der Waals surface area contributed by atoms with E-state index in [1.54, 1.807) is 0 Å². The molecule has 0 bridgehead atoms. The first-order valence-corrected chi connectivity index (χ1v) is 10.8. The van der Waals surface area contributed by atoms with Crippen molar-refractivity contribution in [2.24, 2.45) is 10.7 Å². The summed E-state index contributed by atoms with van der Waals surface area (Å²) >= 11 is 5.93. The van der Waals surface area contributed by atoms with E-state index in [-0.39, 0.29) is 30.5 Å². The van der Waals surface area contributed by atoms with Crippen LogP contribution < -0.4 is 10.6 Å². The zero-order valence-corrected chi connectivity index (χ0v) is 18.8. The lowest BCUT2D eigenvalue weighted by molar-refractivity contribution is 0.341. The van der Waals surface area contributed by atoms with Crippen molar-refractivity contribution in [3.8, 4) is 0 Å². The van der Waals surface area contributed by atoms with Gasteiger partial charge in [0, 0.05) is 43.1 Å². The molecular formula is C17H26ClIN4O2S. The average molecular weight is 513 g/mol. The molecule has 2 N–H and O–H groups in total. The van der Waals surface area contributed by atoms with Gasteiger partial charge in [-0.2, -0.15) is 0 Å². The first kappa shape index (κ1) is 21.6. The zero-order valence-electron chi connectivity index (χ0n) is 14.9. The number of rotatable bonds is 4. The Morgan fingerprint density at radius 1 is 1.19 bits per heavy atom. The minimum Gasteiger partial charge on any atom is -0.370 e. The minimum atomic E-state index is -3.10. The molecule has 6 nitrogen and oxygen atoms in total. The maximum atomic E-state index is 12.0. The summed E-state index contributed by atoms with van der Waals surface area (Å²) in [7, 11) is -3.10. The van der Waals surface area contributed by atoms with Crippen LogP contribution in [0.3, 0.4) is 0 Å². The third-order valence-corrected chi connectivity index (χ3v) is 7.74. The molecule has 0 spiro atoms. The summed E-state index contributed by atoms with van der Waals surface area (Å²) < 4.78 is 23.3. The number of anilines is 1. The summed E-state index contributed by atoms with van der Waals surface area (Å²) in [6.45, 7) is 3.49. The molecule has 2 fully saturated rings. The standard InChI is InChI=1S/C17H25ClN4O2S.HI/c1-25(23,24)17(7-2-8-17)13-20-16(19)22-11-9-21(10-12-22)15-5-3-14(18)4-6-15;/h3-6H,2,7-13H2,1H3,(H2,19,20);1H. The molecule has 3 rings (SSSR count). The molecule has 1 aliphatic carbocycles. The van der Waals surface area contributed by atoms with E-state index in [0.29, 0.717) is 18.8 Å². The van der Waals surface area contributed by atoms with E-state index in [0.717, 1.165) is 43.3 Å². The van der Waals surface area contributed by atoms with Crippen LogP contribution in [0.2, 0.25) is 5.02 Å². The topological polar surface area (TPSA) is 79.0 Å². The normalized spacial score (nSPS) is 20.3. The van der Waals surface area contributed by atoms with Gasteiger partial charge in [-0.3, -0.25) is 4.99 Å². The van der Waals surface area contributed by atoms with E-state index in [1.165, 1.54) is 6.26 Å². The van der Waals surface area contributed by atoms with Gasteiger partial charge in [0.15, 0.2) is 15.8 Å². The Bertz CT molecular complexity index is 743. The fourth-order valence-corrected chi connectivity index (χ4v) is 4.84. The van der Waals surface area contributed by atoms with Gasteiger partial charge in [-0.15, -0.1) is 24.0 Å². The highest BCUT2D eigenvalue weighted by atomic mass is 127. The Balaban J connectivity index is 0.00000243. The quantitative estimate of drug-likeness (QED) is 0.381. The van der Waals surface area contributed by atoms with Crippen LogP contribution >= 0.6 is 35.6 Å². The van der Waals surface area contributed by atoms with Gasteiger partial charge < -0.3 is 15.5 Å². The number of sulfone groups is 1. The number of hydrogen-bond donors (Lipinski definition) is 1. The van der Waals surface area contributed by atoms with Crippen LogP contribution in [0.25, 0.3) is 0 Å². The maximum Gasteiger partial charge on any atom is 0.191 e. The molecule has 1 saturated heterocycles. The van der Waals surface area contributed by atoms with Crippen molar-refractivity contribution in [3.05, 3.63) is 29.3 Å². The number of aliphatic imine (C=N–C) groups is 1. The molecule has 9 heteroatoms. The van der Waals surface area contributed by atoms with Crippen molar-refractivity contribution in [2.75, 3.05) is 43.9 Å². The van der Waals surface area contributed by atoms with Gasteiger partial charge >= 0.3 is 0 Å². The molecule has 26 heavy (non-hydrogen) atoms. The van der Waals surface area contributed by atoms with Crippen molar-refractivity contribution in [1.29, 1.82) is 0 Å². The van der Waals surface area contributed by atoms with Crippen molar-refractivity contribution in [3.63, 3.8) is 0 Å². The van der Waals surface area contributed by atoms with Gasteiger partial charge in [-0.25, -0.2) is 8.42 Å². The molecule has 146 valence electrons. The second kappa shape index (κ2) is 8.52. The lowest BCUT2D eigenvalue weighted by atomic mass is 9.84. The van der Waals surface area contributed by atoms with Crippen LogP contribution in [0.1, 0.15) is 19.3 Å². The van der Waals surface area contributed by atoms with E-state index >= 15 is 0 Å². The van der Waals surface area contributed by atoms with Crippen LogP contribution in [-0.4, -0.2) is 63.0 Å². The fraction of sp³-hybridized carbons (Fsp3) is 0.588. The number of guanidine groups is 1. The van der Waals surface area contributed by atoms with Crippen molar-refractivity contribution in [2.45, 2.75) is 24.0 Å². The molecule has 2 aliphatic rings.